The van der Waals surface area contributed by atoms with Crippen molar-refractivity contribution < 1.29 is 18.0 Å². The van der Waals surface area contributed by atoms with Gasteiger partial charge in [0, 0.05) is 18.8 Å². The number of nitrogens with one attached hydrogen (secondary N) is 3. The number of halogens is 3. The zero-order valence-corrected chi connectivity index (χ0v) is 14.6. The van der Waals surface area contributed by atoms with E-state index in [1.165, 1.54) is 12.1 Å². The van der Waals surface area contributed by atoms with Gasteiger partial charge >= 0.3 is 6.18 Å². The van der Waals surface area contributed by atoms with Gasteiger partial charge in [-0.05, 0) is 42.8 Å². The quantitative estimate of drug-likeness (QED) is 0.624. The van der Waals surface area contributed by atoms with Crippen LogP contribution in [0, 0.1) is 0 Å². The molecule has 1 amide bonds. The highest BCUT2D eigenvalue weighted by molar-refractivity contribution is 5.83. The Hall–Kier alpha value is -3.14. The molecule has 28 heavy (non-hydrogen) atoms. The Kier molecular flexibility index (Phi) is 4.63. The summed E-state index contributed by atoms with van der Waals surface area (Å²) in [7, 11) is 0. The highest BCUT2D eigenvalue weighted by atomic mass is 19.4. The zero-order valence-electron chi connectivity index (χ0n) is 14.6. The smallest absolute Gasteiger partial charge is 0.355 e. The number of nitrogens with zero attached hydrogens (tertiary/aromatic N) is 3. The molecule has 1 unspecified atom stereocenters. The van der Waals surface area contributed by atoms with Crippen LogP contribution in [0.2, 0.25) is 0 Å². The molecule has 146 valence electrons. The maximum absolute atomic E-state index is 12.7. The van der Waals surface area contributed by atoms with Crippen LogP contribution in [0.5, 0.6) is 0 Å². The molecular formula is C18H17F3N6O. The van der Waals surface area contributed by atoms with E-state index in [4.69, 9.17) is 0 Å². The van der Waals surface area contributed by atoms with E-state index in [0.29, 0.717) is 24.4 Å². The first-order valence-electron chi connectivity index (χ1n) is 8.70. The van der Waals surface area contributed by atoms with Crippen molar-refractivity contribution in [1.82, 2.24) is 25.2 Å². The molecule has 0 radical (unpaired) electrons. The lowest BCUT2D eigenvalue weighted by Crippen LogP contribution is -2.36. The van der Waals surface area contributed by atoms with E-state index in [2.05, 4.69) is 26.0 Å². The predicted molar refractivity (Wildman–Crippen MR) is 96.0 cm³/mol. The molecule has 0 aliphatic carbocycles. The van der Waals surface area contributed by atoms with Crippen molar-refractivity contribution in [1.29, 1.82) is 0 Å². The minimum atomic E-state index is -4.38. The van der Waals surface area contributed by atoms with Gasteiger partial charge < -0.3 is 16.0 Å². The van der Waals surface area contributed by atoms with E-state index in [0.717, 1.165) is 24.2 Å². The summed E-state index contributed by atoms with van der Waals surface area (Å²) in [5.41, 5.74) is 1.13. The fourth-order valence-corrected chi connectivity index (χ4v) is 3.03. The van der Waals surface area contributed by atoms with E-state index in [1.807, 2.05) is 12.1 Å². The third kappa shape index (κ3) is 3.77. The van der Waals surface area contributed by atoms with E-state index in [1.54, 1.807) is 10.6 Å². The van der Waals surface area contributed by atoms with Gasteiger partial charge in [0.25, 0.3) is 0 Å². The number of hydrogen-bond acceptors (Lipinski definition) is 5. The summed E-state index contributed by atoms with van der Waals surface area (Å²) in [6.45, 7) is 1.09. The minimum Gasteiger partial charge on any atom is -0.355 e. The molecule has 10 heteroatoms. The van der Waals surface area contributed by atoms with Gasteiger partial charge in [0.15, 0.2) is 5.65 Å². The standard InChI is InChI=1S/C18H17F3N6O/c19-18(20,21)11-4-6-12(7-5-11)24-17-25-15-3-1-2-13(27(15)26-17)10-23-14-8-9-22-16(14)28/h1-7,14,23H,8-10H2,(H,22,28)(H,24,26). The number of hydrogen-bond donors (Lipinski definition) is 3. The summed E-state index contributed by atoms with van der Waals surface area (Å²) in [5, 5.41) is 13.2. The summed E-state index contributed by atoms with van der Waals surface area (Å²) >= 11 is 0. The Bertz CT molecular complexity index is 999. The number of carbonyl (C=O) groups excluding carboxylic acids is 1. The largest absolute Gasteiger partial charge is 0.416 e. The first-order chi connectivity index (χ1) is 13.4. The molecule has 4 rings (SSSR count). The van der Waals surface area contributed by atoms with E-state index < -0.39 is 11.7 Å². The second-order valence-electron chi connectivity index (χ2n) is 6.44. The van der Waals surface area contributed by atoms with Crippen LogP contribution in [0.3, 0.4) is 0 Å². The van der Waals surface area contributed by atoms with Crippen LogP contribution in [-0.2, 0) is 17.5 Å². The fraction of sp³-hybridized carbons (Fsp3) is 0.278. The summed E-state index contributed by atoms with van der Waals surface area (Å²) < 4.78 is 39.6. The zero-order chi connectivity index (χ0) is 19.7. The number of fused-ring (bicyclic) bond motifs is 1. The number of amides is 1. The molecule has 1 aromatic carbocycles. The van der Waals surface area contributed by atoms with Gasteiger partial charge in [-0.25, -0.2) is 4.52 Å². The molecule has 1 fully saturated rings. The molecule has 1 saturated heterocycles. The number of benzene rings is 1. The molecule has 1 aliphatic rings. The van der Waals surface area contributed by atoms with Crippen LogP contribution in [0.25, 0.3) is 5.65 Å². The number of aromatic nitrogens is 3. The van der Waals surface area contributed by atoms with Gasteiger partial charge in [-0.2, -0.15) is 18.2 Å². The van der Waals surface area contributed by atoms with E-state index in [9.17, 15) is 18.0 Å². The maximum atomic E-state index is 12.7. The fourth-order valence-electron chi connectivity index (χ4n) is 3.03. The first-order valence-corrected chi connectivity index (χ1v) is 8.70. The molecule has 1 aliphatic heterocycles. The van der Waals surface area contributed by atoms with Crippen LogP contribution in [0.4, 0.5) is 24.8 Å². The number of carbonyl (C=O) groups is 1. The van der Waals surface area contributed by atoms with Gasteiger partial charge in [-0.15, -0.1) is 5.10 Å². The van der Waals surface area contributed by atoms with E-state index in [-0.39, 0.29) is 17.9 Å². The van der Waals surface area contributed by atoms with Gasteiger partial charge in [0.05, 0.1) is 17.3 Å². The number of pyridine rings is 1. The summed E-state index contributed by atoms with van der Waals surface area (Å²) in [5.74, 6) is 0.251. The van der Waals surface area contributed by atoms with Crippen molar-refractivity contribution in [3.05, 3.63) is 53.7 Å². The second kappa shape index (κ2) is 7.12. The first kappa shape index (κ1) is 18.2. The lowest BCUT2D eigenvalue weighted by atomic mass is 10.2. The van der Waals surface area contributed by atoms with Crippen LogP contribution in [-0.4, -0.2) is 33.1 Å². The van der Waals surface area contributed by atoms with Crippen molar-refractivity contribution in [2.75, 3.05) is 11.9 Å². The molecule has 0 spiro atoms. The molecule has 0 bridgehead atoms. The Morgan fingerprint density at radius 3 is 2.64 bits per heavy atom. The van der Waals surface area contributed by atoms with Crippen molar-refractivity contribution >= 4 is 23.2 Å². The Morgan fingerprint density at radius 1 is 1.18 bits per heavy atom. The van der Waals surface area contributed by atoms with Crippen molar-refractivity contribution in [2.45, 2.75) is 25.2 Å². The molecule has 0 saturated carbocycles. The lowest BCUT2D eigenvalue weighted by Gasteiger charge is -2.10. The summed E-state index contributed by atoms with van der Waals surface area (Å²) in [4.78, 5) is 16.0. The van der Waals surface area contributed by atoms with Gasteiger partial charge in [-0.3, -0.25) is 4.79 Å². The highest BCUT2D eigenvalue weighted by Gasteiger charge is 2.30. The SMILES string of the molecule is O=C1NCCC1NCc1cccc2nc(Nc3ccc(C(F)(F)F)cc3)nn12. The molecule has 7 nitrogen and oxygen atoms in total. The predicted octanol–water partition coefficient (Wildman–Crippen LogP) is 2.47. The topological polar surface area (TPSA) is 83.3 Å². The van der Waals surface area contributed by atoms with Gasteiger partial charge in [0.2, 0.25) is 11.9 Å². The lowest BCUT2D eigenvalue weighted by molar-refractivity contribution is -0.137. The number of rotatable bonds is 5. The van der Waals surface area contributed by atoms with Crippen molar-refractivity contribution in [2.24, 2.45) is 0 Å². The molecule has 2 aromatic heterocycles. The van der Waals surface area contributed by atoms with Crippen molar-refractivity contribution in [3.8, 4) is 0 Å². The van der Waals surface area contributed by atoms with Crippen LogP contribution in [0.15, 0.2) is 42.5 Å². The van der Waals surface area contributed by atoms with E-state index >= 15 is 0 Å². The molecule has 3 heterocycles. The molecule has 3 N–H and O–H groups in total. The molecule has 1 atom stereocenters. The summed E-state index contributed by atoms with van der Waals surface area (Å²) in [6.07, 6.45) is -3.65. The minimum absolute atomic E-state index is 0.0181. The Labute approximate surface area is 158 Å². The second-order valence-corrected chi connectivity index (χ2v) is 6.44. The third-order valence-corrected chi connectivity index (χ3v) is 4.48. The molecular weight excluding hydrogens is 373 g/mol. The van der Waals surface area contributed by atoms with Crippen molar-refractivity contribution in [3.63, 3.8) is 0 Å². The average molecular weight is 390 g/mol. The number of alkyl halides is 3. The average Bonchev–Trinajstić information content (AvgIpc) is 3.25. The monoisotopic (exact) mass is 390 g/mol. The maximum Gasteiger partial charge on any atom is 0.416 e. The third-order valence-electron chi connectivity index (χ3n) is 4.48. The normalized spacial score (nSPS) is 17.1. The summed E-state index contributed by atoms with van der Waals surface area (Å²) in [6, 6.07) is 9.90. The van der Waals surface area contributed by atoms with Crippen LogP contribution < -0.4 is 16.0 Å². The van der Waals surface area contributed by atoms with Gasteiger partial charge in [-0.1, -0.05) is 6.07 Å². The Balaban J connectivity index is 1.50. The molecule has 3 aromatic rings. The Morgan fingerprint density at radius 2 is 1.96 bits per heavy atom. The highest BCUT2D eigenvalue weighted by Crippen LogP contribution is 2.30. The number of anilines is 2. The van der Waals surface area contributed by atoms with Crippen LogP contribution in [0.1, 0.15) is 17.7 Å². The van der Waals surface area contributed by atoms with Gasteiger partial charge in [0.1, 0.15) is 0 Å². The van der Waals surface area contributed by atoms with Crippen LogP contribution >= 0.6 is 0 Å².